The Kier molecular flexibility index (Phi) is 8.12. The van der Waals surface area contributed by atoms with Gasteiger partial charge in [-0.2, -0.15) is 0 Å². The van der Waals surface area contributed by atoms with Crippen molar-refractivity contribution in [1.82, 2.24) is 0 Å². The van der Waals surface area contributed by atoms with E-state index < -0.39 is 51.1 Å². The summed E-state index contributed by atoms with van der Waals surface area (Å²) < 4.78 is 30.8. The van der Waals surface area contributed by atoms with Gasteiger partial charge in [0, 0.05) is 0 Å². The average molecular weight is 505 g/mol. The molecule has 0 amide bonds. The molecule has 33 heavy (non-hydrogen) atoms. The van der Waals surface area contributed by atoms with Crippen LogP contribution in [0.3, 0.4) is 0 Å². The lowest BCUT2D eigenvalue weighted by atomic mass is 9.99. The molecule has 0 bridgehead atoms. The van der Waals surface area contributed by atoms with E-state index in [0.29, 0.717) is 11.1 Å². The highest BCUT2D eigenvalue weighted by molar-refractivity contribution is 7.46. The normalized spacial score (nSPS) is 25.5. The summed E-state index contributed by atoms with van der Waals surface area (Å²) in [6.45, 7) is -0.761. The van der Waals surface area contributed by atoms with Crippen molar-refractivity contribution >= 4 is 25.4 Å². The summed E-state index contributed by atoms with van der Waals surface area (Å²) >= 11 is 6.30. The highest BCUT2D eigenvalue weighted by Crippen LogP contribution is 2.37. The molecule has 0 unspecified atom stereocenters. The van der Waals surface area contributed by atoms with Crippen LogP contribution in [-0.4, -0.2) is 75.5 Å². The Morgan fingerprint density at radius 2 is 1.67 bits per heavy atom. The van der Waals surface area contributed by atoms with Crippen molar-refractivity contribution in [2.24, 2.45) is 0 Å². The van der Waals surface area contributed by atoms with Crippen LogP contribution in [-0.2, 0) is 18.6 Å². The van der Waals surface area contributed by atoms with Gasteiger partial charge in [-0.3, -0.25) is 4.52 Å². The predicted molar refractivity (Wildman–Crippen MR) is 114 cm³/mol. The molecule has 1 heterocycles. The highest BCUT2D eigenvalue weighted by Gasteiger charge is 2.45. The van der Waals surface area contributed by atoms with E-state index in [4.69, 9.17) is 30.9 Å². The van der Waals surface area contributed by atoms with E-state index >= 15 is 0 Å². The second kappa shape index (κ2) is 10.5. The Morgan fingerprint density at radius 1 is 1.03 bits per heavy atom. The summed E-state index contributed by atoms with van der Waals surface area (Å²) in [4.78, 5) is 29.2. The SMILES string of the molecule is COC(=O)c1ccc(-c2ccc(O[C@H]3O[C@H](COP(=O)(O)O)[C@@H](O)[C@H](O)[C@@H]3O)c(Cl)c2)cc1. The Balaban J connectivity index is 1.74. The summed E-state index contributed by atoms with van der Waals surface area (Å²) in [6.07, 6.45) is -8.02. The number of aliphatic hydroxyl groups excluding tert-OH is 3. The molecule has 0 aliphatic carbocycles. The van der Waals surface area contributed by atoms with Crippen molar-refractivity contribution < 1.29 is 53.2 Å². The molecule has 3 rings (SSSR count). The third kappa shape index (κ3) is 6.30. The zero-order chi connectivity index (χ0) is 24.3. The van der Waals surface area contributed by atoms with E-state index in [-0.39, 0.29) is 10.8 Å². The lowest BCUT2D eigenvalue weighted by Gasteiger charge is -2.40. The van der Waals surface area contributed by atoms with E-state index in [0.717, 1.165) is 5.56 Å². The maximum absolute atomic E-state index is 11.6. The van der Waals surface area contributed by atoms with Gasteiger partial charge in [0.25, 0.3) is 0 Å². The molecule has 1 fully saturated rings. The van der Waals surface area contributed by atoms with Gasteiger partial charge in [-0.1, -0.05) is 29.8 Å². The zero-order valence-electron chi connectivity index (χ0n) is 17.1. The average Bonchev–Trinajstić information content (AvgIpc) is 2.78. The number of phosphoric acid groups is 1. The maximum Gasteiger partial charge on any atom is 0.469 e. The molecule has 1 aliphatic heterocycles. The molecule has 5 N–H and O–H groups in total. The molecule has 0 aromatic heterocycles. The van der Waals surface area contributed by atoms with Gasteiger partial charge in [-0.25, -0.2) is 9.36 Å². The highest BCUT2D eigenvalue weighted by atomic mass is 35.5. The van der Waals surface area contributed by atoms with Crippen LogP contribution in [0.25, 0.3) is 11.1 Å². The molecule has 0 saturated carbocycles. The number of benzene rings is 2. The Hall–Kier alpha value is -2.05. The monoisotopic (exact) mass is 504 g/mol. The fourth-order valence-corrected chi connectivity index (χ4v) is 3.71. The van der Waals surface area contributed by atoms with Gasteiger partial charge in [0.2, 0.25) is 6.29 Å². The number of phosphoric ester groups is 1. The van der Waals surface area contributed by atoms with Crippen molar-refractivity contribution in [3.05, 3.63) is 53.1 Å². The number of esters is 1. The minimum absolute atomic E-state index is 0.0777. The zero-order valence-corrected chi connectivity index (χ0v) is 18.8. The van der Waals surface area contributed by atoms with Gasteiger partial charge in [0.15, 0.2) is 0 Å². The molecule has 1 saturated heterocycles. The molecule has 2 aromatic carbocycles. The number of hydrogen-bond acceptors (Lipinski definition) is 9. The molecule has 5 atom stereocenters. The third-order valence-electron chi connectivity index (χ3n) is 4.89. The first kappa shape index (κ1) is 25.6. The van der Waals surface area contributed by atoms with Gasteiger partial charge in [0.1, 0.15) is 30.2 Å². The number of methoxy groups -OCH3 is 1. The van der Waals surface area contributed by atoms with E-state index in [9.17, 15) is 24.7 Å². The number of hydrogen-bond donors (Lipinski definition) is 5. The van der Waals surface area contributed by atoms with Crippen molar-refractivity contribution in [3.8, 4) is 16.9 Å². The van der Waals surface area contributed by atoms with Crippen LogP contribution in [0.2, 0.25) is 5.02 Å². The van der Waals surface area contributed by atoms with Crippen LogP contribution in [0.1, 0.15) is 10.4 Å². The first-order valence-electron chi connectivity index (χ1n) is 9.55. The van der Waals surface area contributed by atoms with Crippen molar-refractivity contribution in [1.29, 1.82) is 0 Å². The van der Waals surface area contributed by atoms with Gasteiger partial charge in [-0.05, 0) is 35.4 Å². The summed E-state index contributed by atoms with van der Waals surface area (Å²) in [5, 5.41) is 30.4. The fraction of sp³-hybridized carbons (Fsp3) is 0.350. The van der Waals surface area contributed by atoms with Crippen LogP contribution in [0, 0.1) is 0 Å². The number of aliphatic hydroxyl groups is 3. The fourth-order valence-electron chi connectivity index (χ4n) is 3.14. The van der Waals surface area contributed by atoms with E-state index in [1.54, 1.807) is 36.4 Å². The molecule has 13 heteroatoms. The van der Waals surface area contributed by atoms with E-state index in [2.05, 4.69) is 9.26 Å². The summed E-state index contributed by atoms with van der Waals surface area (Å²) in [5.74, 6) is -0.389. The largest absolute Gasteiger partial charge is 0.469 e. The maximum atomic E-state index is 11.6. The molecule has 180 valence electrons. The minimum atomic E-state index is -4.86. The number of ether oxygens (including phenoxy) is 3. The quantitative estimate of drug-likeness (QED) is 0.270. The summed E-state index contributed by atoms with van der Waals surface area (Å²) in [5.41, 5.74) is 1.82. The third-order valence-corrected chi connectivity index (χ3v) is 5.67. The van der Waals surface area contributed by atoms with Crippen LogP contribution in [0.5, 0.6) is 5.75 Å². The van der Waals surface area contributed by atoms with Gasteiger partial charge in [-0.15, -0.1) is 0 Å². The molecule has 1 aliphatic rings. The Morgan fingerprint density at radius 3 is 2.24 bits per heavy atom. The first-order chi connectivity index (χ1) is 15.5. The van der Waals surface area contributed by atoms with Crippen molar-refractivity contribution in [2.45, 2.75) is 30.7 Å². The Bertz CT molecular complexity index is 1030. The number of halogens is 1. The van der Waals surface area contributed by atoms with Crippen LogP contribution in [0.4, 0.5) is 0 Å². The molecular formula is C20H22ClO11P. The van der Waals surface area contributed by atoms with Crippen molar-refractivity contribution in [2.75, 3.05) is 13.7 Å². The smallest absolute Gasteiger partial charge is 0.465 e. The number of rotatable bonds is 7. The second-order valence-corrected chi connectivity index (χ2v) is 8.78. The van der Waals surface area contributed by atoms with Crippen LogP contribution < -0.4 is 4.74 Å². The minimum Gasteiger partial charge on any atom is -0.465 e. The lowest BCUT2D eigenvalue weighted by molar-refractivity contribution is -0.276. The van der Waals surface area contributed by atoms with Crippen LogP contribution >= 0.6 is 19.4 Å². The van der Waals surface area contributed by atoms with Crippen molar-refractivity contribution in [3.63, 3.8) is 0 Å². The topological polar surface area (TPSA) is 172 Å². The molecule has 2 aromatic rings. The first-order valence-corrected chi connectivity index (χ1v) is 11.5. The van der Waals surface area contributed by atoms with Gasteiger partial charge < -0.3 is 39.3 Å². The summed E-state index contributed by atoms with van der Waals surface area (Å²) in [6, 6.07) is 11.3. The number of carbonyl (C=O) groups excluding carboxylic acids is 1. The molecule has 11 nitrogen and oxygen atoms in total. The van der Waals surface area contributed by atoms with Gasteiger partial charge in [0.05, 0.1) is 24.3 Å². The Labute approximate surface area is 193 Å². The standard InChI is InChI=1S/C20H22ClO11P/c1-29-19(25)11-4-2-10(3-5-11)12-6-7-14(13(21)8-12)31-20-18(24)17(23)16(22)15(32-20)9-30-33(26,27)28/h2-8,15-18,20,22-24H,9H2,1H3,(H2,26,27,28)/t15-,16-,17+,18+,20+/m1/s1. The lowest BCUT2D eigenvalue weighted by Crippen LogP contribution is -2.60. The summed E-state index contributed by atoms with van der Waals surface area (Å²) in [7, 11) is -3.57. The second-order valence-electron chi connectivity index (χ2n) is 7.13. The predicted octanol–water partition coefficient (Wildman–Crippen LogP) is 1.09. The molecular weight excluding hydrogens is 483 g/mol. The van der Waals surface area contributed by atoms with E-state index in [1.165, 1.54) is 13.2 Å². The number of carbonyl (C=O) groups is 1. The van der Waals surface area contributed by atoms with Crippen LogP contribution in [0.15, 0.2) is 42.5 Å². The molecule has 0 radical (unpaired) electrons. The van der Waals surface area contributed by atoms with Gasteiger partial charge >= 0.3 is 13.8 Å². The molecule has 0 spiro atoms. The van der Waals surface area contributed by atoms with E-state index in [1.807, 2.05) is 0 Å².